The Bertz CT molecular complexity index is 252. The molecule has 0 spiro atoms. The summed E-state index contributed by atoms with van der Waals surface area (Å²) < 4.78 is 5.36. The Hall–Kier alpha value is -1.02. The zero-order valence-electron chi connectivity index (χ0n) is 7.63. The van der Waals surface area contributed by atoms with Crippen molar-refractivity contribution < 1.29 is 4.42 Å². The number of furan rings is 1. The van der Waals surface area contributed by atoms with Crippen molar-refractivity contribution in [3.8, 4) is 0 Å². The van der Waals surface area contributed by atoms with Crippen molar-refractivity contribution in [3.05, 3.63) is 36.3 Å². The molecule has 0 bridgehead atoms. The van der Waals surface area contributed by atoms with Crippen LogP contribution in [0.3, 0.4) is 0 Å². The Labute approximate surface area is 73.3 Å². The van der Waals surface area contributed by atoms with Gasteiger partial charge < -0.3 is 9.73 Å². The molecule has 1 N–H and O–H groups in total. The Balaban J connectivity index is 2.78. The maximum absolute atomic E-state index is 5.36. The van der Waals surface area contributed by atoms with E-state index in [4.69, 9.17) is 4.42 Å². The van der Waals surface area contributed by atoms with Gasteiger partial charge in [0.1, 0.15) is 5.76 Å². The van der Waals surface area contributed by atoms with E-state index >= 15 is 0 Å². The lowest BCUT2D eigenvalue weighted by Gasteiger charge is -2.11. The van der Waals surface area contributed by atoms with Gasteiger partial charge in [-0.1, -0.05) is 6.08 Å². The van der Waals surface area contributed by atoms with Gasteiger partial charge in [0.15, 0.2) is 0 Å². The summed E-state index contributed by atoms with van der Waals surface area (Å²) >= 11 is 0. The monoisotopic (exact) mass is 165 g/mol. The molecule has 1 atom stereocenters. The molecule has 1 heterocycles. The van der Waals surface area contributed by atoms with Gasteiger partial charge in [-0.05, 0) is 32.0 Å². The molecule has 0 saturated carbocycles. The third kappa shape index (κ3) is 1.77. The fourth-order valence-corrected chi connectivity index (χ4v) is 1.26. The normalized spacial score (nSPS) is 12.8. The average molecular weight is 165 g/mol. The van der Waals surface area contributed by atoms with E-state index in [1.165, 1.54) is 5.56 Å². The van der Waals surface area contributed by atoms with Crippen LogP contribution >= 0.6 is 0 Å². The third-order valence-electron chi connectivity index (χ3n) is 1.97. The Morgan fingerprint density at radius 1 is 1.75 bits per heavy atom. The van der Waals surface area contributed by atoms with E-state index in [1.54, 1.807) is 6.26 Å². The van der Waals surface area contributed by atoms with Gasteiger partial charge in [-0.3, -0.25) is 0 Å². The molecule has 0 aliphatic rings. The molecule has 12 heavy (non-hydrogen) atoms. The quantitative estimate of drug-likeness (QED) is 0.693. The zero-order valence-corrected chi connectivity index (χ0v) is 7.63. The first-order valence-corrected chi connectivity index (χ1v) is 4.11. The van der Waals surface area contributed by atoms with Gasteiger partial charge >= 0.3 is 0 Å². The van der Waals surface area contributed by atoms with Crippen LogP contribution in [0.25, 0.3) is 0 Å². The summed E-state index contributed by atoms with van der Waals surface area (Å²) in [5, 5.41) is 3.18. The molecular weight excluding hydrogens is 150 g/mol. The first-order valence-electron chi connectivity index (χ1n) is 4.11. The minimum Gasteiger partial charge on any atom is -0.467 e. The SMILES string of the molecule is C=CCC(NC)c1occc1C. The van der Waals surface area contributed by atoms with Crippen molar-refractivity contribution in [1.82, 2.24) is 5.32 Å². The van der Waals surface area contributed by atoms with E-state index in [2.05, 4.69) is 11.9 Å². The summed E-state index contributed by atoms with van der Waals surface area (Å²) in [6.07, 6.45) is 4.51. The zero-order chi connectivity index (χ0) is 8.97. The van der Waals surface area contributed by atoms with Crippen LogP contribution in [0.4, 0.5) is 0 Å². The maximum atomic E-state index is 5.36. The van der Waals surface area contributed by atoms with Crippen molar-refractivity contribution in [1.29, 1.82) is 0 Å². The van der Waals surface area contributed by atoms with Crippen LogP contribution in [0.5, 0.6) is 0 Å². The van der Waals surface area contributed by atoms with Crippen LogP contribution < -0.4 is 5.32 Å². The summed E-state index contributed by atoms with van der Waals surface area (Å²) in [5.74, 6) is 1.01. The number of hydrogen-bond donors (Lipinski definition) is 1. The molecule has 1 unspecified atom stereocenters. The molecule has 0 aromatic carbocycles. The van der Waals surface area contributed by atoms with Crippen molar-refractivity contribution >= 4 is 0 Å². The number of hydrogen-bond acceptors (Lipinski definition) is 2. The molecule has 0 amide bonds. The lowest BCUT2D eigenvalue weighted by molar-refractivity contribution is 0.430. The summed E-state index contributed by atoms with van der Waals surface area (Å²) in [4.78, 5) is 0. The van der Waals surface area contributed by atoms with Gasteiger partial charge in [-0.25, -0.2) is 0 Å². The largest absolute Gasteiger partial charge is 0.467 e. The minimum absolute atomic E-state index is 0.262. The van der Waals surface area contributed by atoms with Gasteiger partial charge in [-0.2, -0.15) is 0 Å². The van der Waals surface area contributed by atoms with E-state index in [1.807, 2.05) is 26.1 Å². The van der Waals surface area contributed by atoms with E-state index < -0.39 is 0 Å². The highest BCUT2D eigenvalue weighted by Crippen LogP contribution is 2.21. The molecule has 2 nitrogen and oxygen atoms in total. The van der Waals surface area contributed by atoms with Gasteiger partial charge in [0.25, 0.3) is 0 Å². The van der Waals surface area contributed by atoms with Crippen molar-refractivity contribution in [2.24, 2.45) is 0 Å². The second-order valence-corrected chi connectivity index (χ2v) is 2.83. The fraction of sp³-hybridized carbons (Fsp3) is 0.400. The minimum atomic E-state index is 0.262. The van der Waals surface area contributed by atoms with Gasteiger partial charge in [0.2, 0.25) is 0 Å². The predicted molar refractivity (Wildman–Crippen MR) is 50.1 cm³/mol. The van der Waals surface area contributed by atoms with E-state index in [0.717, 1.165) is 12.2 Å². The summed E-state index contributed by atoms with van der Waals surface area (Å²) in [7, 11) is 1.93. The third-order valence-corrected chi connectivity index (χ3v) is 1.97. The lowest BCUT2D eigenvalue weighted by atomic mass is 10.1. The molecule has 2 heteroatoms. The molecule has 1 rings (SSSR count). The highest BCUT2D eigenvalue weighted by Gasteiger charge is 2.12. The molecule has 0 aliphatic heterocycles. The van der Waals surface area contributed by atoms with Crippen LogP contribution in [0.2, 0.25) is 0 Å². The molecule has 0 aliphatic carbocycles. The Morgan fingerprint density at radius 2 is 2.50 bits per heavy atom. The van der Waals surface area contributed by atoms with Crippen LogP contribution in [-0.4, -0.2) is 7.05 Å². The first-order chi connectivity index (χ1) is 5.79. The number of rotatable bonds is 4. The molecule has 0 saturated heterocycles. The predicted octanol–water partition coefficient (Wildman–Crippen LogP) is 2.42. The summed E-state index contributed by atoms with van der Waals surface area (Å²) in [5.41, 5.74) is 1.19. The van der Waals surface area contributed by atoms with Crippen LogP contribution in [0.1, 0.15) is 23.8 Å². The highest BCUT2D eigenvalue weighted by atomic mass is 16.3. The topological polar surface area (TPSA) is 25.2 Å². The standard InChI is InChI=1S/C10H15NO/c1-4-5-9(11-3)10-8(2)6-7-12-10/h4,6-7,9,11H,1,5H2,2-3H3. The van der Waals surface area contributed by atoms with Crippen LogP contribution in [0.15, 0.2) is 29.4 Å². The molecule has 66 valence electrons. The second kappa shape index (κ2) is 4.12. The van der Waals surface area contributed by atoms with E-state index in [-0.39, 0.29) is 6.04 Å². The Morgan fingerprint density at radius 3 is 2.92 bits per heavy atom. The summed E-state index contributed by atoms with van der Waals surface area (Å²) in [6, 6.07) is 2.24. The Kier molecular flexibility index (Phi) is 3.11. The molecular formula is C10H15NO. The van der Waals surface area contributed by atoms with Gasteiger partial charge in [0.05, 0.1) is 12.3 Å². The van der Waals surface area contributed by atoms with Crippen LogP contribution in [0, 0.1) is 6.92 Å². The second-order valence-electron chi connectivity index (χ2n) is 2.83. The first kappa shape index (κ1) is 9.07. The fourth-order valence-electron chi connectivity index (χ4n) is 1.26. The van der Waals surface area contributed by atoms with Gasteiger partial charge in [0, 0.05) is 0 Å². The number of nitrogens with one attached hydrogen (secondary N) is 1. The van der Waals surface area contributed by atoms with Crippen molar-refractivity contribution in [2.45, 2.75) is 19.4 Å². The van der Waals surface area contributed by atoms with Crippen molar-refractivity contribution in [3.63, 3.8) is 0 Å². The molecule has 1 aromatic heterocycles. The summed E-state index contributed by atoms with van der Waals surface area (Å²) in [6.45, 7) is 5.75. The molecule has 0 radical (unpaired) electrons. The number of aryl methyl sites for hydroxylation is 1. The smallest absolute Gasteiger partial charge is 0.123 e. The van der Waals surface area contributed by atoms with E-state index in [0.29, 0.717) is 0 Å². The highest BCUT2D eigenvalue weighted by molar-refractivity contribution is 5.18. The van der Waals surface area contributed by atoms with E-state index in [9.17, 15) is 0 Å². The molecule has 1 aromatic rings. The lowest BCUT2D eigenvalue weighted by Crippen LogP contribution is -2.15. The van der Waals surface area contributed by atoms with Crippen molar-refractivity contribution in [2.75, 3.05) is 7.05 Å². The van der Waals surface area contributed by atoms with Crippen LogP contribution in [-0.2, 0) is 0 Å². The van der Waals surface area contributed by atoms with Gasteiger partial charge in [-0.15, -0.1) is 6.58 Å². The molecule has 0 fully saturated rings. The average Bonchev–Trinajstić information content (AvgIpc) is 2.47. The maximum Gasteiger partial charge on any atom is 0.123 e.